The zero-order valence-electron chi connectivity index (χ0n) is 24.4. The van der Waals surface area contributed by atoms with Gasteiger partial charge in [-0.15, -0.1) is 0 Å². The summed E-state index contributed by atoms with van der Waals surface area (Å²) < 4.78 is 60.0. The molecule has 1 saturated heterocycles. The van der Waals surface area contributed by atoms with E-state index in [-0.39, 0.29) is 17.4 Å². The Morgan fingerprint density at radius 3 is 2.50 bits per heavy atom. The number of halogens is 2. The topological polar surface area (TPSA) is 95.7 Å². The number of nitrogens with zero attached hydrogens (tertiary/aromatic N) is 6. The number of sulfonamides is 1. The summed E-state index contributed by atoms with van der Waals surface area (Å²) >= 11 is 0. The number of amidine groups is 1. The van der Waals surface area contributed by atoms with Gasteiger partial charge in [-0.3, -0.25) is 4.72 Å². The zero-order chi connectivity index (χ0) is 30.0. The van der Waals surface area contributed by atoms with Gasteiger partial charge < -0.3 is 14.4 Å². The number of fused-ring (bicyclic) bond motifs is 1. The summed E-state index contributed by atoms with van der Waals surface area (Å²) in [6, 6.07) is 2.50. The Labute approximate surface area is 245 Å². The largest absolute Gasteiger partial charge is 0.360 e. The van der Waals surface area contributed by atoms with E-state index in [2.05, 4.69) is 51.6 Å². The van der Waals surface area contributed by atoms with Crippen LogP contribution < -0.4 is 15.3 Å². The number of aromatic nitrogens is 3. The van der Waals surface area contributed by atoms with E-state index < -0.39 is 27.3 Å². The predicted octanol–water partition coefficient (Wildman–Crippen LogP) is 3.35. The molecular weight excluding hydrogens is 560 g/mol. The maximum Gasteiger partial charge on any atom is 0.232 e. The average molecular weight is 598 g/mol. The van der Waals surface area contributed by atoms with E-state index in [4.69, 9.17) is 4.99 Å². The first-order valence-electron chi connectivity index (χ1n) is 14.3. The lowest BCUT2D eigenvalue weighted by Crippen LogP contribution is -2.46. The summed E-state index contributed by atoms with van der Waals surface area (Å²) in [6.07, 6.45) is 13.3. The van der Waals surface area contributed by atoms with Crippen LogP contribution in [0, 0.1) is 17.6 Å². The molecule has 2 aliphatic rings. The molecule has 1 unspecified atom stereocenters. The van der Waals surface area contributed by atoms with Crippen LogP contribution in [0.5, 0.6) is 0 Å². The highest BCUT2D eigenvalue weighted by atomic mass is 32.2. The molecule has 1 N–H and O–H groups in total. The second-order valence-electron chi connectivity index (χ2n) is 11.0. The van der Waals surface area contributed by atoms with Gasteiger partial charge in [0.15, 0.2) is 5.82 Å². The van der Waals surface area contributed by atoms with E-state index in [0.29, 0.717) is 28.9 Å². The number of hydrogen-bond acceptors (Lipinski definition) is 7. The second kappa shape index (κ2) is 12.3. The van der Waals surface area contributed by atoms with Gasteiger partial charge in [0.05, 0.1) is 23.0 Å². The standard InChI is InChI=1S/C30H37F2N7O2S/c1-5-13-42(40,41)36-26-8-7-25(31)29(28(26)32)39-18-24(21-15-33-19-34-16-21)23-14-20(6-2)30(35-17-27(23)39)38(4)22-9-11-37(3)12-10-22/h7-8,14-20,22,36H,5-6,9-13H2,1-4H3. The number of benzene rings is 1. The van der Waals surface area contributed by atoms with Gasteiger partial charge in [0.2, 0.25) is 10.0 Å². The van der Waals surface area contributed by atoms with Crippen LogP contribution in [0.15, 0.2) is 42.0 Å². The number of anilines is 1. The highest BCUT2D eigenvalue weighted by molar-refractivity contribution is 7.92. The van der Waals surface area contributed by atoms with Gasteiger partial charge in [-0.05, 0) is 58.0 Å². The van der Waals surface area contributed by atoms with Gasteiger partial charge in [-0.2, -0.15) is 0 Å². The molecule has 0 spiro atoms. The van der Waals surface area contributed by atoms with Crippen LogP contribution in [0.2, 0.25) is 0 Å². The number of piperidine rings is 1. The van der Waals surface area contributed by atoms with Gasteiger partial charge in [0, 0.05) is 53.9 Å². The Kier molecular flexibility index (Phi) is 8.74. The minimum Gasteiger partial charge on any atom is -0.360 e. The molecule has 0 aliphatic carbocycles. The number of aliphatic imine (C=N–C) groups is 1. The molecule has 0 amide bonds. The molecule has 1 fully saturated rings. The summed E-state index contributed by atoms with van der Waals surface area (Å²) in [7, 11) is 0.393. The molecule has 42 heavy (non-hydrogen) atoms. The Morgan fingerprint density at radius 2 is 1.83 bits per heavy atom. The highest BCUT2D eigenvalue weighted by Crippen LogP contribution is 2.27. The van der Waals surface area contributed by atoms with Crippen LogP contribution in [0.1, 0.15) is 39.5 Å². The normalized spacial score (nSPS) is 18.0. The third-order valence-electron chi connectivity index (χ3n) is 8.06. The van der Waals surface area contributed by atoms with Crippen molar-refractivity contribution in [3.05, 3.63) is 59.3 Å². The summed E-state index contributed by atoms with van der Waals surface area (Å²) in [5, 5.41) is 1.23. The summed E-state index contributed by atoms with van der Waals surface area (Å²) in [4.78, 5) is 17.8. The maximum absolute atomic E-state index is 16.0. The fourth-order valence-electron chi connectivity index (χ4n) is 5.75. The van der Waals surface area contributed by atoms with Crippen molar-refractivity contribution in [1.82, 2.24) is 24.3 Å². The molecule has 0 bridgehead atoms. The average Bonchev–Trinajstić information content (AvgIpc) is 3.20. The van der Waals surface area contributed by atoms with Crippen LogP contribution >= 0.6 is 0 Å². The lowest BCUT2D eigenvalue weighted by molar-refractivity contribution is 0.189. The molecule has 0 saturated carbocycles. The van der Waals surface area contributed by atoms with Crippen molar-refractivity contribution in [2.45, 2.75) is 45.6 Å². The number of likely N-dealkylation sites (tertiary alicyclic amines) is 1. The SMILES string of the molecule is CCCS(=O)(=O)Nc1ccc(F)c(-n2cc(-c3cncnc3)c3c2=CN=C(N(C)C2CCN(C)CC2)C(CC)C=3)c1F. The van der Waals surface area contributed by atoms with Crippen molar-refractivity contribution in [3.63, 3.8) is 0 Å². The van der Waals surface area contributed by atoms with Crippen molar-refractivity contribution >= 4 is 33.8 Å². The lowest BCUT2D eigenvalue weighted by Gasteiger charge is -2.38. The molecule has 3 aromatic rings. The maximum atomic E-state index is 16.0. The quantitative estimate of drug-likeness (QED) is 0.428. The molecule has 9 nitrogen and oxygen atoms in total. The fourth-order valence-corrected chi connectivity index (χ4v) is 6.88. The Balaban J connectivity index is 1.70. The zero-order valence-corrected chi connectivity index (χ0v) is 25.2. The van der Waals surface area contributed by atoms with Crippen molar-refractivity contribution in [2.75, 3.05) is 37.7 Å². The first-order valence-corrected chi connectivity index (χ1v) is 16.0. The first kappa shape index (κ1) is 29.8. The second-order valence-corrected chi connectivity index (χ2v) is 12.8. The van der Waals surface area contributed by atoms with Crippen LogP contribution in [-0.2, 0) is 10.0 Å². The Bertz CT molecular complexity index is 1700. The van der Waals surface area contributed by atoms with Gasteiger partial charge >= 0.3 is 0 Å². The van der Waals surface area contributed by atoms with Gasteiger partial charge in [0.1, 0.15) is 23.7 Å². The van der Waals surface area contributed by atoms with E-state index in [0.717, 1.165) is 55.5 Å². The van der Waals surface area contributed by atoms with Gasteiger partial charge in [-0.25, -0.2) is 32.2 Å². The molecule has 5 rings (SSSR count). The summed E-state index contributed by atoms with van der Waals surface area (Å²) in [5.41, 5.74) is 0.655. The third kappa shape index (κ3) is 5.96. The van der Waals surface area contributed by atoms with Crippen molar-refractivity contribution < 1.29 is 17.2 Å². The molecule has 1 atom stereocenters. The minimum atomic E-state index is -3.80. The molecular formula is C30H37F2N7O2S. The Morgan fingerprint density at radius 1 is 1.12 bits per heavy atom. The monoisotopic (exact) mass is 597 g/mol. The number of nitrogens with one attached hydrogen (secondary N) is 1. The van der Waals surface area contributed by atoms with E-state index in [9.17, 15) is 8.42 Å². The molecule has 2 aliphatic heterocycles. The number of hydrogen-bond donors (Lipinski definition) is 1. The van der Waals surface area contributed by atoms with E-state index in [1.165, 1.54) is 10.9 Å². The lowest BCUT2D eigenvalue weighted by atomic mass is 9.98. The minimum absolute atomic E-state index is 0.0479. The summed E-state index contributed by atoms with van der Waals surface area (Å²) in [6.45, 7) is 5.82. The van der Waals surface area contributed by atoms with Crippen molar-refractivity contribution in [3.8, 4) is 16.8 Å². The molecule has 1 aromatic carbocycles. The summed E-state index contributed by atoms with van der Waals surface area (Å²) in [5.74, 6) is -1.18. The molecule has 12 heteroatoms. The van der Waals surface area contributed by atoms with Gasteiger partial charge in [0.25, 0.3) is 0 Å². The van der Waals surface area contributed by atoms with Crippen molar-refractivity contribution in [2.24, 2.45) is 10.9 Å². The van der Waals surface area contributed by atoms with E-state index in [1.807, 2.05) is 0 Å². The van der Waals surface area contributed by atoms with Crippen LogP contribution in [0.3, 0.4) is 0 Å². The van der Waals surface area contributed by atoms with E-state index in [1.54, 1.807) is 31.7 Å². The fraction of sp³-hybridized carbons (Fsp3) is 0.433. The highest BCUT2D eigenvalue weighted by Gasteiger charge is 2.28. The smallest absolute Gasteiger partial charge is 0.232 e. The molecule has 2 aromatic heterocycles. The third-order valence-corrected chi connectivity index (χ3v) is 9.53. The molecule has 224 valence electrons. The predicted molar refractivity (Wildman–Crippen MR) is 162 cm³/mol. The van der Waals surface area contributed by atoms with E-state index >= 15 is 8.78 Å². The van der Waals surface area contributed by atoms with Gasteiger partial charge in [-0.1, -0.05) is 19.9 Å². The van der Waals surface area contributed by atoms with Crippen LogP contribution in [-0.4, -0.2) is 77.6 Å². The Hall–Kier alpha value is -3.64. The molecule has 4 heterocycles. The first-order chi connectivity index (χ1) is 20.1. The van der Waals surface area contributed by atoms with Crippen LogP contribution in [0.25, 0.3) is 29.1 Å². The number of rotatable bonds is 8. The molecule has 0 radical (unpaired) electrons. The van der Waals surface area contributed by atoms with Crippen molar-refractivity contribution in [1.29, 1.82) is 0 Å². The van der Waals surface area contributed by atoms with Crippen LogP contribution in [0.4, 0.5) is 14.5 Å².